The van der Waals surface area contributed by atoms with Gasteiger partial charge in [0.05, 0.1) is 18.3 Å². The number of carbonyl (C=O) groups excluding carboxylic acids is 2. The molecule has 0 saturated carbocycles. The molecule has 0 spiro atoms. The van der Waals surface area contributed by atoms with Gasteiger partial charge in [-0.1, -0.05) is 68.0 Å². The molecule has 0 unspecified atom stereocenters. The minimum Gasteiger partial charge on any atom is -0.480 e. The zero-order chi connectivity index (χ0) is 24.0. The van der Waals surface area contributed by atoms with Crippen molar-refractivity contribution in [3.8, 4) is 0 Å². The van der Waals surface area contributed by atoms with Gasteiger partial charge in [0.15, 0.2) is 5.78 Å². The van der Waals surface area contributed by atoms with E-state index in [0.717, 1.165) is 11.1 Å². The molecule has 7 heteroatoms. The number of amides is 1. The van der Waals surface area contributed by atoms with Crippen LogP contribution in [-0.2, 0) is 11.3 Å². The Morgan fingerprint density at radius 3 is 2.45 bits per heavy atom. The zero-order valence-corrected chi connectivity index (χ0v) is 18.9. The molecule has 0 bridgehead atoms. The molecule has 0 saturated heterocycles. The third kappa shape index (κ3) is 6.26. The predicted octanol–water partition coefficient (Wildman–Crippen LogP) is 3.97. The largest absolute Gasteiger partial charge is 0.480 e. The first kappa shape index (κ1) is 23.7. The summed E-state index contributed by atoms with van der Waals surface area (Å²) in [6, 6.07) is 13.4. The number of allylic oxidation sites excluding steroid dienone is 1. The summed E-state index contributed by atoms with van der Waals surface area (Å²) in [6.07, 6.45) is 6.97. The number of aryl methyl sites for hydroxylation is 1. The van der Waals surface area contributed by atoms with E-state index in [1.807, 2.05) is 37.3 Å². The van der Waals surface area contributed by atoms with Crippen LogP contribution in [0.5, 0.6) is 0 Å². The Labute approximate surface area is 192 Å². The highest BCUT2D eigenvalue weighted by Crippen LogP contribution is 2.12. The van der Waals surface area contributed by atoms with Gasteiger partial charge in [0.25, 0.3) is 5.91 Å². The summed E-state index contributed by atoms with van der Waals surface area (Å²) >= 11 is 0. The van der Waals surface area contributed by atoms with Gasteiger partial charge in [-0.2, -0.15) is 5.10 Å². The van der Waals surface area contributed by atoms with Crippen molar-refractivity contribution in [2.75, 3.05) is 0 Å². The molecule has 0 aliphatic heterocycles. The first-order valence-corrected chi connectivity index (χ1v) is 10.7. The van der Waals surface area contributed by atoms with Gasteiger partial charge in [-0.3, -0.25) is 14.3 Å². The van der Waals surface area contributed by atoms with Gasteiger partial charge in [-0.05, 0) is 30.5 Å². The number of carbonyl (C=O) groups is 3. The number of hydrogen-bond donors (Lipinski definition) is 2. The first-order valence-electron chi connectivity index (χ1n) is 10.7. The van der Waals surface area contributed by atoms with Crippen molar-refractivity contribution >= 4 is 23.7 Å². The summed E-state index contributed by atoms with van der Waals surface area (Å²) < 4.78 is 1.66. The molecule has 2 N–H and O–H groups in total. The summed E-state index contributed by atoms with van der Waals surface area (Å²) in [6.45, 7) is 5.91. The Balaban J connectivity index is 1.63. The van der Waals surface area contributed by atoms with Crippen molar-refractivity contribution in [1.29, 1.82) is 0 Å². The normalized spacial score (nSPS) is 12.1. The van der Waals surface area contributed by atoms with Crippen LogP contribution < -0.4 is 5.32 Å². The average molecular weight is 446 g/mol. The minimum absolute atomic E-state index is 0.0787. The Kier molecular flexibility index (Phi) is 7.56. The van der Waals surface area contributed by atoms with E-state index in [0.29, 0.717) is 23.2 Å². The van der Waals surface area contributed by atoms with Crippen LogP contribution in [0.2, 0.25) is 0 Å². The zero-order valence-electron chi connectivity index (χ0n) is 18.9. The van der Waals surface area contributed by atoms with Crippen molar-refractivity contribution < 1.29 is 19.5 Å². The molecule has 2 aromatic carbocycles. The minimum atomic E-state index is -1.06. The van der Waals surface area contributed by atoms with Crippen LogP contribution >= 0.6 is 0 Å². The highest BCUT2D eigenvalue weighted by molar-refractivity contribution is 6.08. The van der Waals surface area contributed by atoms with Crippen LogP contribution in [0.3, 0.4) is 0 Å². The number of carboxylic acid groups (broad SMARTS) is 1. The molecule has 7 nitrogen and oxygen atoms in total. The second-order valence-corrected chi connectivity index (χ2v) is 8.21. The Bertz CT molecular complexity index is 1180. The molecular formula is C26H27N3O4. The highest BCUT2D eigenvalue weighted by Gasteiger charge is 2.23. The lowest BCUT2D eigenvalue weighted by Crippen LogP contribution is -2.44. The molecular weight excluding hydrogens is 418 g/mol. The first-order chi connectivity index (χ1) is 15.7. The maximum atomic E-state index is 12.6. The predicted molar refractivity (Wildman–Crippen MR) is 126 cm³/mol. The topological polar surface area (TPSA) is 101 Å². The van der Waals surface area contributed by atoms with Gasteiger partial charge >= 0.3 is 5.97 Å². The molecule has 0 radical (unpaired) electrons. The molecule has 0 aliphatic rings. The van der Waals surface area contributed by atoms with Gasteiger partial charge in [0.2, 0.25) is 0 Å². The Hall–Kier alpha value is -4.00. The average Bonchev–Trinajstić information content (AvgIpc) is 3.26. The van der Waals surface area contributed by atoms with Crippen molar-refractivity contribution in [3.05, 3.63) is 94.8 Å². The number of nitrogens with zero attached hydrogens (tertiary/aromatic N) is 2. The summed E-state index contributed by atoms with van der Waals surface area (Å²) in [7, 11) is 0. The van der Waals surface area contributed by atoms with Gasteiger partial charge in [0.1, 0.15) is 6.04 Å². The maximum Gasteiger partial charge on any atom is 0.326 e. The lowest BCUT2D eigenvalue weighted by Gasteiger charge is -2.17. The number of nitrogens with one attached hydrogen (secondary N) is 1. The van der Waals surface area contributed by atoms with E-state index in [-0.39, 0.29) is 11.7 Å². The number of aliphatic carboxylic acids is 1. The molecule has 1 heterocycles. The summed E-state index contributed by atoms with van der Waals surface area (Å²) in [4.78, 5) is 36.4. The van der Waals surface area contributed by atoms with Gasteiger partial charge in [-0.25, -0.2) is 4.79 Å². The lowest BCUT2D eigenvalue weighted by atomic mass is 10.0. The van der Waals surface area contributed by atoms with Crippen molar-refractivity contribution in [3.63, 3.8) is 0 Å². The number of aromatic nitrogens is 2. The maximum absolute atomic E-state index is 12.6. The quantitative estimate of drug-likeness (QED) is 0.485. The molecule has 1 aromatic heterocycles. The van der Waals surface area contributed by atoms with Crippen LogP contribution in [0.1, 0.15) is 51.3 Å². The molecule has 0 fully saturated rings. The number of rotatable bonds is 9. The van der Waals surface area contributed by atoms with Gasteiger partial charge in [-0.15, -0.1) is 0 Å². The van der Waals surface area contributed by atoms with Crippen molar-refractivity contribution in [2.24, 2.45) is 5.92 Å². The van der Waals surface area contributed by atoms with E-state index in [2.05, 4.69) is 10.4 Å². The standard InChI is InChI=1S/C26H27N3O4/c1-17(2)23(26(32)33)28-25(31)21-8-4-6-19(14-21)7-5-13-29-16-22(15-27-29)24(30)20-11-9-18(3)10-12-20/h4-12,14-17,23H,13H2,1-3H3,(H,28,31)(H,32,33)/b7-5+/t23-/m0/s1. The van der Waals surface area contributed by atoms with E-state index in [4.69, 9.17) is 0 Å². The van der Waals surface area contributed by atoms with Gasteiger partial charge in [0, 0.05) is 17.3 Å². The number of benzene rings is 2. The smallest absolute Gasteiger partial charge is 0.326 e. The van der Waals surface area contributed by atoms with E-state index >= 15 is 0 Å². The second-order valence-electron chi connectivity index (χ2n) is 8.21. The fourth-order valence-electron chi connectivity index (χ4n) is 3.27. The molecule has 33 heavy (non-hydrogen) atoms. The third-order valence-electron chi connectivity index (χ3n) is 5.18. The molecule has 1 amide bonds. The number of hydrogen-bond acceptors (Lipinski definition) is 4. The highest BCUT2D eigenvalue weighted by atomic mass is 16.4. The SMILES string of the molecule is Cc1ccc(C(=O)c2cnn(C/C=C/c3cccc(C(=O)N[C@H](C(=O)O)C(C)C)c3)c2)cc1. The van der Waals surface area contributed by atoms with Crippen LogP contribution in [-0.4, -0.2) is 38.6 Å². The summed E-state index contributed by atoms with van der Waals surface area (Å²) in [5, 5.41) is 16.1. The molecule has 0 aliphatic carbocycles. The van der Waals surface area contributed by atoms with Crippen LogP contribution in [0.4, 0.5) is 0 Å². The summed E-state index contributed by atoms with van der Waals surface area (Å²) in [5.74, 6) is -1.80. The Morgan fingerprint density at radius 1 is 1.06 bits per heavy atom. The van der Waals surface area contributed by atoms with Crippen LogP contribution in [0.15, 0.2) is 67.0 Å². The fraction of sp³-hybridized carbons (Fsp3) is 0.231. The monoisotopic (exact) mass is 445 g/mol. The van der Waals surface area contributed by atoms with E-state index in [1.165, 1.54) is 0 Å². The number of carboxylic acids is 1. The van der Waals surface area contributed by atoms with Crippen LogP contribution in [0, 0.1) is 12.8 Å². The second kappa shape index (κ2) is 10.5. The number of ketones is 1. The lowest BCUT2D eigenvalue weighted by molar-refractivity contribution is -0.140. The molecule has 3 aromatic rings. The molecule has 1 atom stereocenters. The van der Waals surface area contributed by atoms with Crippen LogP contribution in [0.25, 0.3) is 6.08 Å². The summed E-state index contributed by atoms with van der Waals surface area (Å²) in [5.41, 5.74) is 3.41. The van der Waals surface area contributed by atoms with E-state index < -0.39 is 17.9 Å². The van der Waals surface area contributed by atoms with E-state index in [1.54, 1.807) is 61.3 Å². The van der Waals surface area contributed by atoms with E-state index in [9.17, 15) is 19.5 Å². The fourth-order valence-corrected chi connectivity index (χ4v) is 3.27. The Morgan fingerprint density at radius 2 is 1.79 bits per heavy atom. The van der Waals surface area contributed by atoms with Crippen molar-refractivity contribution in [1.82, 2.24) is 15.1 Å². The van der Waals surface area contributed by atoms with Crippen molar-refractivity contribution in [2.45, 2.75) is 33.4 Å². The molecule has 3 rings (SSSR count). The molecule has 170 valence electrons. The third-order valence-corrected chi connectivity index (χ3v) is 5.18. The van der Waals surface area contributed by atoms with Gasteiger partial charge < -0.3 is 10.4 Å².